The first kappa shape index (κ1) is 22.4. The first-order valence-electron chi connectivity index (χ1n) is 11.6. The summed E-state index contributed by atoms with van der Waals surface area (Å²) in [7, 11) is 0. The number of urea groups is 1. The highest BCUT2D eigenvalue weighted by Crippen LogP contribution is 2.37. The minimum absolute atomic E-state index is 0.111. The second-order valence-corrected chi connectivity index (χ2v) is 9.83. The highest BCUT2D eigenvalue weighted by Gasteiger charge is 2.33. The van der Waals surface area contributed by atoms with Crippen LogP contribution < -0.4 is 5.32 Å². The molecule has 0 fully saturated rings. The van der Waals surface area contributed by atoms with Crippen molar-refractivity contribution in [3.05, 3.63) is 114 Å². The number of anilines is 1. The highest BCUT2D eigenvalue weighted by atomic mass is 32.2. The molecule has 0 bridgehead atoms. The van der Waals surface area contributed by atoms with Crippen LogP contribution in [0.4, 0.5) is 10.5 Å². The van der Waals surface area contributed by atoms with E-state index in [9.17, 15) is 4.79 Å². The van der Waals surface area contributed by atoms with Gasteiger partial charge in [0.15, 0.2) is 0 Å². The van der Waals surface area contributed by atoms with Crippen molar-refractivity contribution in [1.82, 2.24) is 9.47 Å². The van der Waals surface area contributed by atoms with E-state index in [0.717, 1.165) is 33.1 Å². The average molecular weight is 468 g/mol. The maximum Gasteiger partial charge on any atom is 0.322 e. The Hall–Kier alpha value is -3.44. The van der Waals surface area contributed by atoms with Crippen LogP contribution in [0.1, 0.15) is 48.2 Å². The van der Waals surface area contributed by atoms with Crippen molar-refractivity contribution in [2.45, 2.75) is 37.2 Å². The number of carbonyl (C=O) groups is 1. The summed E-state index contributed by atoms with van der Waals surface area (Å²) in [4.78, 5) is 16.9. The molecule has 0 saturated carbocycles. The number of amides is 2. The van der Waals surface area contributed by atoms with Crippen LogP contribution in [-0.2, 0) is 6.54 Å². The molecule has 5 rings (SSSR count). The van der Waals surface area contributed by atoms with Gasteiger partial charge in [-0.2, -0.15) is 0 Å². The van der Waals surface area contributed by atoms with Crippen LogP contribution in [0.5, 0.6) is 0 Å². The number of hydrogen-bond donors (Lipinski definition) is 1. The Balaban J connectivity index is 1.60. The Morgan fingerprint density at radius 1 is 0.971 bits per heavy atom. The third kappa shape index (κ3) is 4.24. The molecule has 0 unspecified atom stereocenters. The molecule has 1 aliphatic rings. The fourth-order valence-corrected chi connectivity index (χ4v) is 5.11. The fourth-order valence-electron chi connectivity index (χ4n) is 4.65. The van der Waals surface area contributed by atoms with Crippen LogP contribution in [0, 0.1) is 0 Å². The lowest BCUT2D eigenvalue weighted by atomic mass is 9.97. The molecule has 34 heavy (non-hydrogen) atoms. The van der Waals surface area contributed by atoms with Gasteiger partial charge in [0.2, 0.25) is 0 Å². The van der Waals surface area contributed by atoms with Crippen molar-refractivity contribution >= 4 is 23.5 Å². The van der Waals surface area contributed by atoms with Crippen LogP contribution in [0.2, 0.25) is 0 Å². The summed E-state index contributed by atoms with van der Waals surface area (Å²) in [5.74, 6) is 0.458. The van der Waals surface area contributed by atoms with E-state index >= 15 is 0 Å². The molecule has 0 spiro atoms. The van der Waals surface area contributed by atoms with Crippen molar-refractivity contribution in [2.75, 3.05) is 11.6 Å². The van der Waals surface area contributed by atoms with Crippen molar-refractivity contribution in [3.63, 3.8) is 0 Å². The molecule has 0 aliphatic carbocycles. The number of carbonyl (C=O) groups excluding carboxylic acids is 1. The SMILES string of the molecule is CSc1cccc(NC(=O)N2Cc3ccccc3-n3cccc3[C@@H]2c2ccc(C(C)C)cc2)c1. The second kappa shape index (κ2) is 9.43. The molecule has 3 aromatic carbocycles. The van der Waals surface area contributed by atoms with Gasteiger partial charge in [0, 0.05) is 22.5 Å². The van der Waals surface area contributed by atoms with Crippen LogP contribution in [0.25, 0.3) is 5.69 Å². The van der Waals surface area contributed by atoms with E-state index in [0.29, 0.717) is 12.5 Å². The van der Waals surface area contributed by atoms with Crippen molar-refractivity contribution in [3.8, 4) is 5.69 Å². The molecule has 0 radical (unpaired) electrons. The summed E-state index contributed by atoms with van der Waals surface area (Å²) in [5.41, 5.74) is 6.51. The van der Waals surface area contributed by atoms with Gasteiger partial charge in [-0.1, -0.05) is 62.4 Å². The molecule has 4 nitrogen and oxygen atoms in total. The molecule has 1 aromatic heterocycles. The summed E-state index contributed by atoms with van der Waals surface area (Å²) in [6, 6.07) is 28.9. The van der Waals surface area contributed by atoms with Gasteiger partial charge < -0.3 is 14.8 Å². The zero-order valence-corrected chi connectivity index (χ0v) is 20.5. The molecule has 5 heteroatoms. The second-order valence-electron chi connectivity index (χ2n) is 8.95. The largest absolute Gasteiger partial charge is 0.322 e. The summed E-state index contributed by atoms with van der Waals surface area (Å²) in [5, 5.41) is 3.16. The lowest BCUT2D eigenvalue weighted by Gasteiger charge is -2.31. The molecule has 2 heterocycles. The Labute approximate surface area is 205 Å². The molecule has 172 valence electrons. The number of hydrogen-bond acceptors (Lipinski definition) is 2. The van der Waals surface area contributed by atoms with Crippen molar-refractivity contribution < 1.29 is 4.79 Å². The Kier molecular flexibility index (Phi) is 6.20. The number of fused-ring (bicyclic) bond motifs is 3. The fraction of sp³-hybridized carbons (Fsp3) is 0.207. The van der Waals surface area contributed by atoms with E-state index < -0.39 is 0 Å². The number of para-hydroxylation sites is 1. The Bertz CT molecular complexity index is 1310. The maximum absolute atomic E-state index is 13.8. The van der Waals surface area contributed by atoms with Gasteiger partial charge in [-0.05, 0) is 65.3 Å². The van der Waals surface area contributed by atoms with Crippen LogP contribution in [-0.4, -0.2) is 21.8 Å². The van der Waals surface area contributed by atoms with E-state index in [1.165, 1.54) is 5.56 Å². The molecular formula is C29H29N3OS. The molecule has 2 amide bonds. The Morgan fingerprint density at radius 2 is 1.76 bits per heavy atom. The lowest BCUT2D eigenvalue weighted by Crippen LogP contribution is -2.37. The topological polar surface area (TPSA) is 37.3 Å². The molecule has 1 aliphatic heterocycles. The van der Waals surface area contributed by atoms with Gasteiger partial charge in [-0.3, -0.25) is 0 Å². The highest BCUT2D eigenvalue weighted by molar-refractivity contribution is 7.98. The van der Waals surface area contributed by atoms with Gasteiger partial charge in [0.05, 0.1) is 18.3 Å². The van der Waals surface area contributed by atoms with Gasteiger partial charge in [-0.25, -0.2) is 4.79 Å². The molecule has 4 aromatic rings. The maximum atomic E-state index is 13.8. The van der Waals surface area contributed by atoms with Gasteiger partial charge in [0.1, 0.15) is 0 Å². The standard InChI is InChI=1S/C29H29N3OS/c1-20(2)21-13-15-22(16-14-21)28-27-12-7-17-31(27)26-11-5-4-8-23(26)19-32(28)29(33)30-24-9-6-10-25(18-24)34-3/h4-18,20,28H,19H2,1-3H3,(H,30,33)/t28-/m0/s1. The lowest BCUT2D eigenvalue weighted by molar-refractivity contribution is 0.194. The van der Waals surface area contributed by atoms with Crippen LogP contribution >= 0.6 is 11.8 Å². The van der Waals surface area contributed by atoms with Gasteiger partial charge in [0.25, 0.3) is 0 Å². The van der Waals surface area contributed by atoms with Crippen LogP contribution in [0.3, 0.4) is 0 Å². The number of nitrogens with one attached hydrogen (secondary N) is 1. The summed E-state index contributed by atoms with van der Waals surface area (Å²) in [6.45, 7) is 4.91. The van der Waals surface area contributed by atoms with E-state index in [1.807, 2.05) is 35.4 Å². The van der Waals surface area contributed by atoms with E-state index in [2.05, 4.69) is 90.6 Å². The minimum Gasteiger partial charge on any atom is -0.318 e. The zero-order chi connectivity index (χ0) is 23.7. The summed E-state index contributed by atoms with van der Waals surface area (Å²) < 4.78 is 2.22. The van der Waals surface area contributed by atoms with Crippen LogP contribution in [0.15, 0.2) is 96.0 Å². The first-order chi connectivity index (χ1) is 16.5. The number of rotatable bonds is 4. The molecule has 1 N–H and O–H groups in total. The van der Waals surface area contributed by atoms with Crippen molar-refractivity contribution in [2.24, 2.45) is 0 Å². The smallest absolute Gasteiger partial charge is 0.318 e. The minimum atomic E-state index is -0.215. The number of aromatic nitrogens is 1. The third-order valence-corrected chi connectivity index (χ3v) is 7.19. The summed E-state index contributed by atoms with van der Waals surface area (Å²) >= 11 is 1.66. The average Bonchev–Trinajstić information content (AvgIpc) is 3.28. The van der Waals surface area contributed by atoms with E-state index in [-0.39, 0.29) is 12.1 Å². The predicted molar refractivity (Wildman–Crippen MR) is 141 cm³/mol. The molecule has 1 atom stereocenters. The van der Waals surface area contributed by atoms with E-state index in [4.69, 9.17) is 0 Å². The normalized spacial score (nSPS) is 14.9. The molecular weight excluding hydrogens is 438 g/mol. The third-order valence-electron chi connectivity index (χ3n) is 6.46. The van der Waals surface area contributed by atoms with Crippen molar-refractivity contribution in [1.29, 1.82) is 0 Å². The number of benzene rings is 3. The Morgan fingerprint density at radius 3 is 2.53 bits per heavy atom. The monoisotopic (exact) mass is 467 g/mol. The number of thioether (sulfide) groups is 1. The van der Waals surface area contributed by atoms with E-state index in [1.54, 1.807) is 11.8 Å². The molecule has 0 saturated heterocycles. The summed E-state index contributed by atoms with van der Waals surface area (Å²) in [6.07, 6.45) is 4.13. The predicted octanol–water partition coefficient (Wildman–Crippen LogP) is 7.46. The quantitative estimate of drug-likeness (QED) is 0.316. The zero-order valence-electron chi connectivity index (χ0n) is 19.7. The first-order valence-corrected chi connectivity index (χ1v) is 12.8. The number of nitrogens with zero attached hydrogens (tertiary/aromatic N) is 2. The van der Waals surface area contributed by atoms with Gasteiger partial charge >= 0.3 is 6.03 Å². The van der Waals surface area contributed by atoms with Gasteiger partial charge in [-0.15, -0.1) is 11.8 Å².